The minimum absolute atomic E-state index is 0.0124. The predicted molar refractivity (Wildman–Crippen MR) is 103 cm³/mol. The fourth-order valence-corrected chi connectivity index (χ4v) is 3.51. The van der Waals surface area contributed by atoms with Gasteiger partial charge in [-0.2, -0.15) is 11.8 Å². The van der Waals surface area contributed by atoms with Crippen molar-refractivity contribution in [2.45, 2.75) is 32.3 Å². The van der Waals surface area contributed by atoms with Crippen LogP contribution >= 0.6 is 11.8 Å². The number of nitrogens with zero attached hydrogens (tertiary/aromatic N) is 1. The molecule has 0 radical (unpaired) electrons. The van der Waals surface area contributed by atoms with Crippen molar-refractivity contribution >= 4 is 40.9 Å². The molecule has 1 unspecified atom stereocenters. The summed E-state index contributed by atoms with van der Waals surface area (Å²) in [5, 5.41) is 15.0. The molecular weight excluding hydrogens is 354 g/mol. The van der Waals surface area contributed by atoms with Gasteiger partial charge in [0.2, 0.25) is 5.91 Å². The van der Waals surface area contributed by atoms with E-state index in [1.54, 1.807) is 30.0 Å². The first-order valence-corrected chi connectivity index (χ1v) is 9.84. The summed E-state index contributed by atoms with van der Waals surface area (Å²) in [6.45, 7) is 4.14. The second-order valence-electron chi connectivity index (χ2n) is 6.72. The standard InChI is InChI=1S/C18H25N3O4S/c1-12-6-7-13(9-14(12)21-8-4-5-15(21)22)20-17(24)16(23)19-10-18(2,25)11-26-3/h6-7,9,25H,4-5,8,10-11H2,1-3H3,(H,19,23)(H,20,24). The molecule has 1 fully saturated rings. The normalized spacial score (nSPS) is 16.3. The molecule has 0 aromatic heterocycles. The van der Waals surface area contributed by atoms with Crippen molar-refractivity contribution < 1.29 is 19.5 Å². The number of hydrogen-bond donors (Lipinski definition) is 3. The zero-order chi connectivity index (χ0) is 19.3. The van der Waals surface area contributed by atoms with Gasteiger partial charge in [0, 0.05) is 36.6 Å². The van der Waals surface area contributed by atoms with Crippen molar-refractivity contribution in [1.82, 2.24) is 5.32 Å². The predicted octanol–water partition coefficient (Wildman–Crippen LogP) is 1.29. The smallest absolute Gasteiger partial charge is 0.313 e. The lowest BCUT2D eigenvalue weighted by Crippen LogP contribution is -2.45. The van der Waals surface area contributed by atoms with Crippen LogP contribution in [0.5, 0.6) is 0 Å². The number of carbonyl (C=O) groups excluding carboxylic acids is 3. The maximum Gasteiger partial charge on any atom is 0.313 e. The van der Waals surface area contributed by atoms with Crippen LogP contribution in [0.1, 0.15) is 25.3 Å². The highest BCUT2D eigenvalue weighted by Crippen LogP contribution is 2.28. The van der Waals surface area contributed by atoms with Gasteiger partial charge in [0.25, 0.3) is 0 Å². The number of aryl methyl sites for hydroxylation is 1. The second kappa shape index (κ2) is 8.55. The number of rotatable bonds is 6. The number of amides is 3. The van der Waals surface area contributed by atoms with Gasteiger partial charge in [0.15, 0.2) is 0 Å². The Morgan fingerprint density at radius 2 is 2.08 bits per heavy atom. The summed E-state index contributed by atoms with van der Waals surface area (Å²) >= 11 is 1.45. The van der Waals surface area contributed by atoms with Gasteiger partial charge >= 0.3 is 11.8 Å². The summed E-state index contributed by atoms with van der Waals surface area (Å²) in [5.41, 5.74) is 1.04. The summed E-state index contributed by atoms with van der Waals surface area (Å²) in [7, 11) is 0. The number of anilines is 2. The minimum Gasteiger partial charge on any atom is -0.387 e. The highest BCUT2D eigenvalue weighted by atomic mass is 32.2. The summed E-state index contributed by atoms with van der Waals surface area (Å²) < 4.78 is 0. The van der Waals surface area contributed by atoms with Gasteiger partial charge in [-0.1, -0.05) is 6.07 Å². The summed E-state index contributed by atoms with van der Waals surface area (Å²) in [4.78, 5) is 37.7. The molecule has 0 spiro atoms. The van der Waals surface area contributed by atoms with E-state index in [4.69, 9.17) is 0 Å². The fraction of sp³-hybridized carbons (Fsp3) is 0.500. The van der Waals surface area contributed by atoms with Gasteiger partial charge < -0.3 is 20.6 Å². The molecule has 8 heteroatoms. The van der Waals surface area contributed by atoms with Crippen molar-refractivity contribution in [2.75, 3.05) is 35.3 Å². The Balaban J connectivity index is 2.00. The molecule has 3 N–H and O–H groups in total. The average Bonchev–Trinajstić information content (AvgIpc) is 3.00. The van der Waals surface area contributed by atoms with E-state index < -0.39 is 17.4 Å². The summed E-state index contributed by atoms with van der Waals surface area (Å²) in [6, 6.07) is 5.19. The van der Waals surface area contributed by atoms with E-state index in [-0.39, 0.29) is 12.5 Å². The molecule has 26 heavy (non-hydrogen) atoms. The van der Waals surface area contributed by atoms with E-state index in [0.717, 1.165) is 17.7 Å². The monoisotopic (exact) mass is 379 g/mol. The third-order valence-electron chi connectivity index (χ3n) is 4.12. The van der Waals surface area contributed by atoms with Crippen LogP contribution in [-0.4, -0.2) is 53.5 Å². The van der Waals surface area contributed by atoms with E-state index in [2.05, 4.69) is 10.6 Å². The highest BCUT2D eigenvalue weighted by molar-refractivity contribution is 7.98. The largest absolute Gasteiger partial charge is 0.387 e. The molecule has 2 rings (SSSR count). The highest BCUT2D eigenvalue weighted by Gasteiger charge is 2.25. The molecule has 1 aromatic rings. The maximum atomic E-state index is 12.1. The third kappa shape index (κ3) is 5.22. The zero-order valence-corrected chi connectivity index (χ0v) is 16.1. The number of benzene rings is 1. The number of hydrogen-bond acceptors (Lipinski definition) is 5. The van der Waals surface area contributed by atoms with Crippen molar-refractivity contribution in [3.05, 3.63) is 23.8 Å². The first-order chi connectivity index (χ1) is 12.2. The Kier molecular flexibility index (Phi) is 6.66. The summed E-state index contributed by atoms with van der Waals surface area (Å²) in [5.74, 6) is -1.12. The summed E-state index contributed by atoms with van der Waals surface area (Å²) in [6.07, 6.45) is 3.19. The molecule has 0 saturated carbocycles. The Labute approximate surface area is 157 Å². The molecule has 1 atom stereocenters. The minimum atomic E-state index is -1.08. The van der Waals surface area contributed by atoms with Gasteiger partial charge in [-0.3, -0.25) is 14.4 Å². The molecule has 0 bridgehead atoms. The molecule has 1 aromatic carbocycles. The van der Waals surface area contributed by atoms with Crippen molar-refractivity contribution in [1.29, 1.82) is 0 Å². The molecular formula is C18H25N3O4S. The number of carbonyl (C=O) groups is 3. The molecule has 1 aliphatic rings. The lowest BCUT2D eigenvalue weighted by Gasteiger charge is -2.22. The van der Waals surface area contributed by atoms with E-state index in [0.29, 0.717) is 24.4 Å². The molecule has 0 aliphatic carbocycles. The molecule has 1 aliphatic heterocycles. The van der Waals surface area contributed by atoms with Crippen LogP contribution in [0.25, 0.3) is 0 Å². The Bertz CT molecular complexity index is 706. The Morgan fingerprint density at radius 1 is 1.35 bits per heavy atom. The SMILES string of the molecule is CSCC(C)(O)CNC(=O)C(=O)Nc1ccc(C)c(N2CCCC2=O)c1. The number of thioether (sulfide) groups is 1. The maximum absolute atomic E-state index is 12.1. The zero-order valence-electron chi connectivity index (χ0n) is 15.3. The fourth-order valence-electron chi connectivity index (χ4n) is 2.78. The van der Waals surface area contributed by atoms with Crippen LogP contribution in [0.3, 0.4) is 0 Å². The van der Waals surface area contributed by atoms with Crippen LogP contribution in [-0.2, 0) is 14.4 Å². The van der Waals surface area contributed by atoms with Gasteiger partial charge in [0.05, 0.1) is 5.60 Å². The first-order valence-electron chi connectivity index (χ1n) is 8.45. The van der Waals surface area contributed by atoms with Crippen LogP contribution < -0.4 is 15.5 Å². The third-order valence-corrected chi connectivity index (χ3v) is 5.03. The number of aliphatic hydroxyl groups is 1. The van der Waals surface area contributed by atoms with Crippen molar-refractivity contribution in [2.24, 2.45) is 0 Å². The number of nitrogens with one attached hydrogen (secondary N) is 2. The Hall–Kier alpha value is -2.06. The first kappa shape index (κ1) is 20.3. The van der Waals surface area contributed by atoms with E-state index in [1.165, 1.54) is 11.8 Å². The molecule has 3 amide bonds. The van der Waals surface area contributed by atoms with Gasteiger partial charge in [0.1, 0.15) is 0 Å². The van der Waals surface area contributed by atoms with Crippen LogP contribution in [0.15, 0.2) is 18.2 Å². The van der Waals surface area contributed by atoms with Crippen LogP contribution in [0, 0.1) is 6.92 Å². The molecule has 142 valence electrons. The van der Waals surface area contributed by atoms with E-state index in [1.807, 2.05) is 13.2 Å². The lowest BCUT2D eigenvalue weighted by atomic mass is 10.1. The van der Waals surface area contributed by atoms with Crippen molar-refractivity contribution in [3.8, 4) is 0 Å². The molecule has 1 saturated heterocycles. The van der Waals surface area contributed by atoms with Gasteiger partial charge in [-0.05, 0) is 44.2 Å². The van der Waals surface area contributed by atoms with Gasteiger partial charge in [-0.25, -0.2) is 0 Å². The van der Waals surface area contributed by atoms with Gasteiger partial charge in [-0.15, -0.1) is 0 Å². The molecule has 1 heterocycles. The topological polar surface area (TPSA) is 98.7 Å². The van der Waals surface area contributed by atoms with Crippen LogP contribution in [0.4, 0.5) is 11.4 Å². The molecule has 7 nitrogen and oxygen atoms in total. The quantitative estimate of drug-likeness (QED) is 0.647. The second-order valence-corrected chi connectivity index (χ2v) is 7.58. The van der Waals surface area contributed by atoms with E-state index in [9.17, 15) is 19.5 Å². The Morgan fingerprint density at radius 3 is 2.69 bits per heavy atom. The lowest BCUT2D eigenvalue weighted by molar-refractivity contribution is -0.136. The average molecular weight is 379 g/mol. The van der Waals surface area contributed by atoms with Crippen LogP contribution in [0.2, 0.25) is 0 Å². The van der Waals surface area contributed by atoms with E-state index >= 15 is 0 Å². The van der Waals surface area contributed by atoms with Crippen molar-refractivity contribution in [3.63, 3.8) is 0 Å².